The first-order chi connectivity index (χ1) is 23.1. The lowest BCUT2D eigenvalue weighted by atomic mass is 10.1. The van der Waals surface area contributed by atoms with Crippen molar-refractivity contribution >= 4 is 11.9 Å². The highest BCUT2D eigenvalue weighted by Crippen LogP contribution is 2.33. The molecule has 0 N–H and O–H groups in total. The molecule has 1 rings (SSSR count). The van der Waals surface area contributed by atoms with E-state index in [0.29, 0.717) is 18.8 Å². The molecule has 0 aromatic rings. The second-order valence-corrected chi connectivity index (χ2v) is 13.8. The first kappa shape index (κ1) is 42.9. The summed E-state index contributed by atoms with van der Waals surface area (Å²) in [6.07, 6.45) is 47.0. The normalized spacial score (nSPS) is 18.4. The van der Waals surface area contributed by atoms with E-state index in [2.05, 4.69) is 69.4 Å². The van der Waals surface area contributed by atoms with Crippen LogP contribution in [0.1, 0.15) is 194 Å². The summed E-state index contributed by atoms with van der Waals surface area (Å²) >= 11 is 0. The van der Waals surface area contributed by atoms with Gasteiger partial charge in [0, 0.05) is 12.8 Å². The van der Waals surface area contributed by atoms with Crippen molar-refractivity contribution < 1.29 is 19.1 Å². The van der Waals surface area contributed by atoms with Crippen molar-refractivity contribution in [3.8, 4) is 0 Å². The van der Waals surface area contributed by atoms with Gasteiger partial charge in [-0.2, -0.15) is 0 Å². The molecule has 0 amide bonds. The molecule has 0 spiro atoms. The van der Waals surface area contributed by atoms with Crippen molar-refractivity contribution in [2.45, 2.75) is 206 Å². The van der Waals surface area contributed by atoms with Gasteiger partial charge in [-0.05, 0) is 95.8 Å². The van der Waals surface area contributed by atoms with Gasteiger partial charge in [0.15, 0.2) is 0 Å². The summed E-state index contributed by atoms with van der Waals surface area (Å²) in [6, 6.07) is 0. The summed E-state index contributed by atoms with van der Waals surface area (Å²) in [4.78, 5) is 25.2. The second-order valence-electron chi connectivity index (χ2n) is 13.8. The highest BCUT2D eigenvalue weighted by Gasteiger charge is 2.38. The molecule has 0 aliphatic heterocycles. The minimum Gasteiger partial charge on any atom is -0.458 e. The lowest BCUT2D eigenvalue weighted by molar-refractivity contribution is -0.165. The van der Waals surface area contributed by atoms with Gasteiger partial charge in [-0.15, -0.1) is 0 Å². The molecule has 0 radical (unpaired) electrons. The number of carbonyl (C=O) groups excluding carboxylic acids is 2. The van der Waals surface area contributed by atoms with Crippen molar-refractivity contribution in [3.63, 3.8) is 0 Å². The van der Waals surface area contributed by atoms with Crippen molar-refractivity contribution in [3.05, 3.63) is 48.6 Å². The van der Waals surface area contributed by atoms with Crippen LogP contribution in [-0.2, 0) is 19.1 Å². The summed E-state index contributed by atoms with van der Waals surface area (Å²) in [6.45, 7) is 6.66. The fourth-order valence-electron chi connectivity index (χ4n) is 6.26. The zero-order valence-electron chi connectivity index (χ0n) is 31.1. The smallest absolute Gasteiger partial charge is 0.306 e. The van der Waals surface area contributed by atoms with Gasteiger partial charge in [0.1, 0.15) is 12.2 Å². The molecule has 0 heterocycles. The lowest BCUT2D eigenvalue weighted by Crippen LogP contribution is -2.30. The molecule has 0 aromatic carbocycles. The monoisotopic (exact) mass is 655 g/mol. The predicted octanol–water partition coefficient (Wildman–Crippen LogP) is 13.3. The van der Waals surface area contributed by atoms with E-state index in [1.165, 1.54) is 77.0 Å². The fraction of sp³-hybridized carbons (Fsp3) is 0.767. The number of unbranched alkanes of at least 4 members (excludes halogenated alkanes) is 16. The van der Waals surface area contributed by atoms with E-state index in [0.717, 1.165) is 83.5 Å². The van der Waals surface area contributed by atoms with Gasteiger partial charge in [-0.1, -0.05) is 140 Å². The molecule has 1 saturated carbocycles. The average molecular weight is 655 g/mol. The molecule has 0 aromatic heterocycles. The number of rotatable bonds is 31. The van der Waals surface area contributed by atoms with E-state index < -0.39 is 0 Å². The predicted molar refractivity (Wildman–Crippen MR) is 201 cm³/mol. The van der Waals surface area contributed by atoms with Crippen LogP contribution in [0.3, 0.4) is 0 Å². The average Bonchev–Trinajstić information content (AvgIpc) is 3.45. The maximum atomic E-state index is 12.6. The maximum Gasteiger partial charge on any atom is 0.306 e. The van der Waals surface area contributed by atoms with Crippen LogP contribution < -0.4 is 0 Å². The van der Waals surface area contributed by atoms with Crippen LogP contribution in [0.4, 0.5) is 0 Å². The second kappa shape index (κ2) is 32.4. The fourth-order valence-corrected chi connectivity index (χ4v) is 6.26. The Kier molecular flexibility index (Phi) is 29.6. The van der Waals surface area contributed by atoms with E-state index in [-0.39, 0.29) is 24.1 Å². The summed E-state index contributed by atoms with van der Waals surface area (Å²) in [7, 11) is 0. The first-order valence-electron chi connectivity index (χ1n) is 20.1. The third kappa shape index (κ3) is 26.5. The summed E-state index contributed by atoms with van der Waals surface area (Å²) in [5.41, 5.74) is 0. The topological polar surface area (TPSA) is 52.6 Å². The van der Waals surface area contributed by atoms with Crippen molar-refractivity contribution in [1.82, 2.24) is 0 Å². The molecular weight excluding hydrogens is 580 g/mol. The Labute approximate surface area is 291 Å². The Bertz CT molecular complexity index is 786. The molecule has 270 valence electrons. The molecule has 1 aliphatic carbocycles. The Balaban J connectivity index is 2.09. The Morgan fingerprint density at radius 2 is 0.809 bits per heavy atom. The third-order valence-corrected chi connectivity index (χ3v) is 9.35. The minimum absolute atomic E-state index is 0.132. The van der Waals surface area contributed by atoms with E-state index in [1.807, 2.05) is 0 Å². The molecular formula is C43H74O4. The standard InChI is InChI=1S/C43H74O4/c1-4-7-9-11-13-15-17-19-21-23-25-27-29-31-33-35-42(44)46-40-37-39(6-3)38-41(40)47-43(45)36-34-32-30-28-26-24-22-20-18-16-14-12-10-8-5-2/h13-16,19-22,39-41H,4-12,17-18,23-38H2,1-3H3. The molecule has 4 heteroatoms. The SMILES string of the molecule is CCCCCC=CCC=CCCCCCCCC(=O)OC1CC(CC)CC1OC(=O)CCCCCCCC=CCC=CCCCCC. The summed E-state index contributed by atoms with van der Waals surface area (Å²) in [5.74, 6) is 0.191. The number of allylic oxidation sites excluding steroid dienone is 8. The zero-order valence-corrected chi connectivity index (χ0v) is 31.1. The maximum absolute atomic E-state index is 12.6. The molecule has 1 aliphatic rings. The van der Waals surface area contributed by atoms with Gasteiger partial charge in [-0.25, -0.2) is 0 Å². The third-order valence-electron chi connectivity index (χ3n) is 9.35. The van der Waals surface area contributed by atoms with E-state index in [1.54, 1.807) is 0 Å². The van der Waals surface area contributed by atoms with Gasteiger partial charge >= 0.3 is 11.9 Å². The van der Waals surface area contributed by atoms with Crippen molar-refractivity contribution in [2.24, 2.45) is 5.92 Å². The Hall–Kier alpha value is -2.10. The number of hydrogen-bond donors (Lipinski definition) is 0. The van der Waals surface area contributed by atoms with Crippen LogP contribution in [0.25, 0.3) is 0 Å². The van der Waals surface area contributed by atoms with Gasteiger partial charge in [0.05, 0.1) is 0 Å². The molecule has 47 heavy (non-hydrogen) atoms. The lowest BCUT2D eigenvalue weighted by Gasteiger charge is -2.20. The van der Waals surface area contributed by atoms with Crippen LogP contribution in [0.15, 0.2) is 48.6 Å². The highest BCUT2D eigenvalue weighted by molar-refractivity contribution is 5.70. The number of hydrogen-bond acceptors (Lipinski definition) is 4. The van der Waals surface area contributed by atoms with Crippen LogP contribution in [-0.4, -0.2) is 24.1 Å². The Morgan fingerprint density at radius 3 is 1.17 bits per heavy atom. The number of esters is 2. The van der Waals surface area contributed by atoms with Gasteiger partial charge < -0.3 is 9.47 Å². The van der Waals surface area contributed by atoms with E-state index in [4.69, 9.17) is 9.47 Å². The van der Waals surface area contributed by atoms with Crippen LogP contribution in [0.5, 0.6) is 0 Å². The van der Waals surface area contributed by atoms with Crippen LogP contribution in [0.2, 0.25) is 0 Å². The number of ether oxygens (including phenoxy) is 2. The van der Waals surface area contributed by atoms with Crippen molar-refractivity contribution in [2.75, 3.05) is 0 Å². The Morgan fingerprint density at radius 1 is 0.468 bits per heavy atom. The van der Waals surface area contributed by atoms with Gasteiger partial charge in [0.2, 0.25) is 0 Å². The molecule has 1 fully saturated rings. The molecule has 2 unspecified atom stereocenters. The van der Waals surface area contributed by atoms with Crippen LogP contribution in [0, 0.1) is 5.92 Å². The molecule has 2 atom stereocenters. The minimum atomic E-state index is -0.279. The van der Waals surface area contributed by atoms with E-state index in [9.17, 15) is 9.59 Å². The zero-order chi connectivity index (χ0) is 34.0. The summed E-state index contributed by atoms with van der Waals surface area (Å²) in [5, 5.41) is 0. The quantitative estimate of drug-likeness (QED) is 0.0424. The molecule has 0 saturated heterocycles. The largest absolute Gasteiger partial charge is 0.458 e. The van der Waals surface area contributed by atoms with Crippen LogP contribution >= 0.6 is 0 Å². The highest BCUT2D eigenvalue weighted by atomic mass is 16.6. The van der Waals surface area contributed by atoms with E-state index >= 15 is 0 Å². The van der Waals surface area contributed by atoms with Gasteiger partial charge in [0.25, 0.3) is 0 Å². The molecule has 4 nitrogen and oxygen atoms in total. The molecule has 0 bridgehead atoms. The van der Waals surface area contributed by atoms with Gasteiger partial charge in [-0.3, -0.25) is 9.59 Å². The van der Waals surface area contributed by atoms with Crippen molar-refractivity contribution in [1.29, 1.82) is 0 Å². The summed E-state index contributed by atoms with van der Waals surface area (Å²) < 4.78 is 11.7. The first-order valence-corrected chi connectivity index (χ1v) is 20.1. The number of carbonyl (C=O) groups is 2.